The van der Waals surface area contributed by atoms with E-state index in [0.29, 0.717) is 6.42 Å². The summed E-state index contributed by atoms with van der Waals surface area (Å²) < 4.78 is 0. The topological polar surface area (TPSA) is 61.9 Å². The molecular formula is C11H17N3. The van der Waals surface area contributed by atoms with Crippen LogP contribution in [0.25, 0.3) is 0 Å². The third-order valence-corrected chi connectivity index (χ3v) is 2.00. The highest BCUT2D eigenvalue weighted by atomic mass is 14.9. The highest BCUT2D eigenvalue weighted by Gasteiger charge is 1.92. The van der Waals surface area contributed by atoms with Crippen LogP contribution in [0.15, 0.2) is 30.3 Å². The maximum atomic E-state index is 7.03. The molecule has 1 aromatic carbocycles. The molecule has 3 heteroatoms. The molecule has 0 aliphatic heterocycles. The Kier molecular flexibility index (Phi) is 4.72. The predicted octanol–water partition coefficient (Wildman–Crippen LogP) is 1.14. The molecular weight excluding hydrogens is 174 g/mol. The zero-order chi connectivity index (χ0) is 10.2. The maximum Gasteiger partial charge on any atom is 0.0918 e. The van der Waals surface area contributed by atoms with Crippen LogP contribution in [0.1, 0.15) is 12.0 Å². The van der Waals surface area contributed by atoms with Gasteiger partial charge in [-0.15, -0.1) is 0 Å². The molecule has 1 rings (SSSR count). The van der Waals surface area contributed by atoms with Gasteiger partial charge in [-0.05, 0) is 18.5 Å². The van der Waals surface area contributed by atoms with Crippen LogP contribution in [0.2, 0.25) is 0 Å². The molecule has 0 saturated carbocycles. The van der Waals surface area contributed by atoms with Gasteiger partial charge in [0, 0.05) is 13.0 Å². The second kappa shape index (κ2) is 6.16. The van der Waals surface area contributed by atoms with Crippen LogP contribution in [0, 0.1) is 5.41 Å². The smallest absolute Gasteiger partial charge is 0.0918 e. The Hall–Kier alpha value is -1.35. The lowest BCUT2D eigenvalue weighted by Crippen LogP contribution is -2.23. The molecule has 0 radical (unpaired) electrons. The van der Waals surface area contributed by atoms with E-state index in [-0.39, 0.29) is 5.84 Å². The first-order chi connectivity index (χ1) is 6.79. The van der Waals surface area contributed by atoms with E-state index >= 15 is 0 Å². The summed E-state index contributed by atoms with van der Waals surface area (Å²) in [6, 6.07) is 10.3. The van der Waals surface area contributed by atoms with Gasteiger partial charge in [0.25, 0.3) is 0 Å². The molecule has 0 amide bonds. The highest BCUT2D eigenvalue weighted by molar-refractivity contribution is 5.76. The van der Waals surface area contributed by atoms with Crippen LogP contribution in [-0.4, -0.2) is 18.9 Å². The van der Waals surface area contributed by atoms with E-state index in [1.54, 1.807) is 0 Å². The quantitative estimate of drug-likeness (QED) is 0.359. The molecule has 0 unspecified atom stereocenters. The van der Waals surface area contributed by atoms with E-state index in [4.69, 9.17) is 11.1 Å². The Morgan fingerprint density at radius 3 is 2.57 bits per heavy atom. The third-order valence-electron chi connectivity index (χ3n) is 2.00. The van der Waals surface area contributed by atoms with E-state index in [0.717, 1.165) is 19.5 Å². The zero-order valence-electron chi connectivity index (χ0n) is 8.29. The van der Waals surface area contributed by atoms with E-state index in [1.165, 1.54) is 5.56 Å². The minimum atomic E-state index is 0.247. The van der Waals surface area contributed by atoms with Gasteiger partial charge in [0.1, 0.15) is 0 Å². The van der Waals surface area contributed by atoms with Gasteiger partial charge in [0.05, 0.1) is 5.84 Å². The van der Waals surface area contributed by atoms with E-state index < -0.39 is 0 Å². The monoisotopic (exact) mass is 191 g/mol. The van der Waals surface area contributed by atoms with Crippen LogP contribution >= 0.6 is 0 Å². The standard InChI is InChI=1S/C11H17N3/c12-11(13)7-9-14-8-6-10-4-2-1-3-5-10/h1-5,14H,6-9H2,(H3,12,13). The van der Waals surface area contributed by atoms with Gasteiger partial charge in [-0.1, -0.05) is 30.3 Å². The van der Waals surface area contributed by atoms with Crippen molar-refractivity contribution in [2.24, 2.45) is 5.73 Å². The number of nitrogens with two attached hydrogens (primary N) is 1. The average Bonchev–Trinajstić information content (AvgIpc) is 2.18. The van der Waals surface area contributed by atoms with Gasteiger partial charge in [-0.25, -0.2) is 0 Å². The van der Waals surface area contributed by atoms with Gasteiger partial charge in [-0.2, -0.15) is 0 Å². The van der Waals surface area contributed by atoms with Gasteiger partial charge >= 0.3 is 0 Å². The number of hydrogen-bond donors (Lipinski definition) is 3. The Labute approximate surface area is 84.8 Å². The lowest BCUT2D eigenvalue weighted by atomic mass is 10.1. The second-order valence-corrected chi connectivity index (χ2v) is 3.26. The van der Waals surface area contributed by atoms with E-state index in [9.17, 15) is 0 Å². The number of benzene rings is 1. The van der Waals surface area contributed by atoms with Crippen molar-refractivity contribution in [2.45, 2.75) is 12.8 Å². The SMILES string of the molecule is N=C(N)CCNCCc1ccccc1. The van der Waals surface area contributed by atoms with Crippen LogP contribution in [0.4, 0.5) is 0 Å². The highest BCUT2D eigenvalue weighted by Crippen LogP contribution is 1.97. The van der Waals surface area contributed by atoms with Crippen molar-refractivity contribution in [2.75, 3.05) is 13.1 Å². The van der Waals surface area contributed by atoms with E-state index in [2.05, 4.69) is 17.4 Å². The molecule has 0 atom stereocenters. The fourth-order valence-corrected chi connectivity index (χ4v) is 1.23. The molecule has 0 aliphatic carbocycles. The normalized spacial score (nSPS) is 10.0. The van der Waals surface area contributed by atoms with Crippen LogP contribution in [-0.2, 0) is 6.42 Å². The Morgan fingerprint density at radius 1 is 1.21 bits per heavy atom. The minimum Gasteiger partial charge on any atom is -0.388 e. The van der Waals surface area contributed by atoms with Gasteiger partial charge < -0.3 is 11.1 Å². The van der Waals surface area contributed by atoms with Crippen molar-refractivity contribution in [1.82, 2.24) is 5.32 Å². The average molecular weight is 191 g/mol. The Morgan fingerprint density at radius 2 is 1.93 bits per heavy atom. The molecule has 0 saturated heterocycles. The maximum absolute atomic E-state index is 7.03. The number of nitrogens with one attached hydrogen (secondary N) is 2. The molecule has 0 spiro atoms. The molecule has 1 aromatic rings. The first-order valence-electron chi connectivity index (χ1n) is 4.86. The molecule has 0 fully saturated rings. The molecule has 4 N–H and O–H groups in total. The van der Waals surface area contributed by atoms with Gasteiger partial charge in [-0.3, -0.25) is 5.41 Å². The second-order valence-electron chi connectivity index (χ2n) is 3.26. The summed E-state index contributed by atoms with van der Waals surface area (Å²) in [6.07, 6.45) is 1.66. The third kappa shape index (κ3) is 4.62. The zero-order valence-corrected chi connectivity index (χ0v) is 8.29. The van der Waals surface area contributed by atoms with Crippen molar-refractivity contribution in [3.63, 3.8) is 0 Å². The van der Waals surface area contributed by atoms with E-state index in [1.807, 2.05) is 18.2 Å². The summed E-state index contributed by atoms with van der Waals surface area (Å²) in [7, 11) is 0. The van der Waals surface area contributed by atoms with Crippen molar-refractivity contribution in [3.05, 3.63) is 35.9 Å². The molecule has 0 bridgehead atoms. The first kappa shape index (κ1) is 10.7. The van der Waals surface area contributed by atoms with Crippen molar-refractivity contribution in [3.8, 4) is 0 Å². The summed E-state index contributed by atoms with van der Waals surface area (Å²) in [5.74, 6) is 0.247. The summed E-state index contributed by atoms with van der Waals surface area (Å²) >= 11 is 0. The molecule has 76 valence electrons. The largest absolute Gasteiger partial charge is 0.388 e. The summed E-state index contributed by atoms with van der Waals surface area (Å²) in [5, 5.41) is 10.3. The Bertz CT molecular complexity index is 269. The summed E-state index contributed by atoms with van der Waals surface area (Å²) in [4.78, 5) is 0. The van der Waals surface area contributed by atoms with Crippen LogP contribution in [0.5, 0.6) is 0 Å². The van der Waals surface area contributed by atoms with Crippen molar-refractivity contribution < 1.29 is 0 Å². The van der Waals surface area contributed by atoms with Crippen LogP contribution in [0.3, 0.4) is 0 Å². The first-order valence-corrected chi connectivity index (χ1v) is 4.86. The molecule has 3 nitrogen and oxygen atoms in total. The number of hydrogen-bond acceptors (Lipinski definition) is 2. The number of amidine groups is 1. The summed E-state index contributed by atoms with van der Waals surface area (Å²) in [5.41, 5.74) is 6.57. The van der Waals surface area contributed by atoms with Crippen molar-refractivity contribution >= 4 is 5.84 Å². The van der Waals surface area contributed by atoms with Crippen molar-refractivity contribution in [1.29, 1.82) is 5.41 Å². The molecule has 0 aromatic heterocycles. The fourth-order valence-electron chi connectivity index (χ4n) is 1.23. The van der Waals surface area contributed by atoms with Crippen LogP contribution < -0.4 is 11.1 Å². The fraction of sp³-hybridized carbons (Fsp3) is 0.364. The minimum absolute atomic E-state index is 0.247. The van der Waals surface area contributed by atoms with Gasteiger partial charge in [0.15, 0.2) is 0 Å². The predicted molar refractivity (Wildman–Crippen MR) is 59.5 cm³/mol. The molecule has 0 heterocycles. The molecule has 14 heavy (non-hydrogen) atoms. The lowest BCUT2D eigenvalue weighted by molar-refractivity contribution is 0.695. The number of rotatable bonds is 6. The summed E-state index contributed by atoms with van der Waals surface area (Å²) in [6.45, 7) is 1.74. The Balaban J connectivity index is 2.08. The van der Waals surface area contributed by atoms with Gasteiger partial charge in [0.2, 0.25) is 0 Å². The molecule has 0 aliphatic rings. The lowest BCUT2D eigenvalue weighted by Gasteiger charge is -2.03.